The molecule has 2 rings (SSSR count). The summed E-state index contributed by atoms with van der Waals surface area (Å²) in [5.74, 6) is 1.28. The Morgan fingerprint density at radius 2 is 2.35 bits per heavy atom. The van der Waals surface area contributed by atoms with Gasteiger partial charge in [0.15, 0.2) is 0 Å². The fourth-order valence-corrected chi connectivity index (χ4v) is 3.70. The number of amides is 1. The largest absolute Gasteiger partial charge is 0.384 e. The maximum Gasteiger partial charge on any atom is 0.223 e. The van der Waals surface area contributed by atoms with Gasteiger partial charge < -0.3 is 9.64 Å². The van der Waals surface area contributed by atoms with Gasteiger partial charge in [-0.1, -0.05) is 12.8 Å². The first-order valence-electron chi connectivity index (χ1n) is 6.54. The molecule has 1 heterocycles. The molecule has 98 valence electrons. The number of hydrogen-bond acceptors (Lipinski definition) is 2. The molecule has 1 saturated heterocycles. The normalized spacial score (nSPS) is 32.6. The van der Waals surface area contributed by atoms with Gasteiger partial charge in [0, 0.05) is 37.9 Å². The lowest BCUT2D eigenvalue weighted by Crippen LogP contribution is -2.38. The van der Waals surface area contributed by atoms with Gasteiger partial charge in [-0.05, 0) is 18.8 Å². The van der Waals surface area contributed by atoms with E-state index in [0.29, 0.717) is 18.2 Å². The van der Waals surface area contributed by atoms with E-state index >= 15 is 0 Å². The zero-order valence-electron chi connectivity index (χ0n) is 10.6. The molecule has 3 nitrogen and oxygen atoms in total. The molecular weight excluding hydrogens is 238 g/mol. The molecule has 1 aliphatic carbocycles. The topological polar surface area (TPSA) is 29.5 Å². The second kappa shape index (κ2) is 5.57. The Morgan fingerprint density at radius 3 is 3.06 bits per heavy atom. The number of rotatable bonds is 4. The quantitative estimate of drug-likeness (QED) is 0.725. The van der Waals surface area contributed by atoms with E-state index in [4.69, 9.17) is 16.3 Å². The van der Waals surface area contributed by atoms with Crippen LogP contribution in [-0.2, 0) is 9.53 Å². The first-order chi connectivity index (χ1) is 8.22. The highest BCUT2D eigenvalue weighted by Crippen LogP contribution is 2.46. The number of fused-ring (bicyclic) bond motifs is 1. The van der Waals surface area contributed by atoms with Crippen LogP contribution < -0.4 is 0 Å². The third-order valence-corrected chi connectivity index (χ3v) is 4.57. The van der Waals surface area contributed by atoms with Crippen LogP contribution >= 0.6 is 11.6 Å². The SMILES string of the molecule is COC[C@]12CCCC[C@@H]1CN(C(=O)CCCl)C2. The molecule has 0 N–H and O–H groups in total. The fourth-order valence-electron chi connectivity index (χ4n) is 3.53. The van der Waals surface area contributed by atoms with E-state index in [-0.39, 0.29) is 11.3 Å². The molecule has 1 aliphatic heterocycles. The number of carbonyl (C=O) groups is 1. The number of carbonyl (C=O) groups excluding carboxylic acids is 1. The molecule has 0 spiro atoms. The van der Waals surface area contributed by atoms with Gasteiger partial charge in [-0.25, -0.2) is 0 Å². The summed E-state index contributed by atoms with van der Waals surface area (Å²) >= 11 is 5.65. The van der Waals surface area contributed by atoms with Crippen molar-refractivity contribution in [2.24, 2.45) is 11.3 Å². The zero-order chi connectivity index (χ0) is 12.3. The minimum atomic E-state index is 0.213. The number of methoxy groups -OCH3 is 1. The fraction of sp³-hybridized carbons (Fsp3) is 0.923. The molecule has 2 atom stereocenters. The Hall–Kier alpha value is -0.280. The van der Waals surface area contributed by atoms with Crippen LogP contribution in [0.25, 0.3) is 0 Å². The summed E-state index contributed by atoms with van der Waals surface area (Å²) in [4.78, 5) is 13.9. The molecule has 4 heteroatoms. The molecule has 17 heavy (non-hydrogen) atoms. The zero-order valence-corrected chi connectivity index (χ0v) is 11.3. The Morgan fingerprint density at radius 1 is 1.53 bits per heavy atom. The Balaban J connectivity index is 2.05. The molecule has 2 fully saturated rings. The highest BCUT2D eigenvalue weighted by Gasteiger charge is 2.48. The second-order valence-corrected chi connectivity index (χ2v) is 5.83. The van der Waals surface area contributed by atoms with Gasteiger partial charge in [-0.15, -0.1) is 11.6 Å². The van der Waals surface area contributed by atoms with E-state index in [1.807, 2.05) is 4.90 Å². The van der Waals surface area contributed by atoms with Crippen molar-refractivity contribution >= 4 is 17.5 Å². The standard InChI is InChI=1S/C13H22ClNO2/c1-17-10-13-6-3-2-4-11(13)8-15(9-13)12(16)5-7-14/h11H,2-10H2,1H3/t11-,13-/m1/s1. The molecule has 0 aromatic carbocycles. The van der Waals surface area contributed by atoms with Crippen LogP contribution in [0.3, 0.4) is 0 Å². The lowest BCUT2D eigenvalue weighted by Gasteiger charge is -2.37. The third kappa shape index (κ3) is 2.60. The van der Waals surface area contributed by atoms with Crippen molar-refractivity contribution in [2.75, 3.05) is 32.7 Å². The van der Waals surface area contributed by atoms with Gasteiger partial charge in [0.25, 0.3) is 0 Å². The molecule has 0 bridgehead atoms. The van der Waals surface area contributed by atoms with Crippen LogP contribution in [0.1, 0.15) is 32.1 Å². The number of nitrogens with zero attached hydrogens (tertiary/aromatic N) is 1. The van der Waals surface area contributed by atoms with Crippen molar-refractivity contribution in [3.05, 3.63) is 0 Å². The molecule has 2 aliphatic rings. The number of alkyl halides is 1. The third-order valence-electron chi connectivity index (χ3n) is 4.38. The van der Waals surface area contributed by atoms with Gasteiger partial charge in [0.1, 0.15) is 0 Å². The van der Waals surface area contributed by atoms with Crippen molar-refractivity contribution in [1.29, 1.82) is 0 Å². The van der Waals surface area contributed by atoms with Gasteiger partial charge in [-0.3, -0.25) is 4.79 Å². The van der Waals surface area contributed by atoms with E-state index in [2.05, 4.69) is 0 Å². The lowest BCUT2D eigenvalue weighted by molar-refractivity contribution is -0.130. The minimum Gasteiger partial charge on any atom is -0.384 e. The predicted molar refractivity (Wildman–Crippen MR) is 68.2 cm³/mol. The van der Waals surface area contributed by atoms with E-state index < -0.39 is 0 Å². The summed E-state index contributed by atoms with van der Waals surface area (Å²) in [7, 11) is 1.77. The van der Waals surface area contributed by atoms with Gasteiger partial charge >= 0.3 is 0 Å². The average Bonchev–Trinajstić information content (AvgIpc) is 2.69. The van der Waals surface area contributed by atoms with Crippen LogP contribution in [0.2, 0.25) is 0 Å². The first kappa shape index (κ1) is 13.2. The van der Waals surface area contributed by atoms with E-state index in [9.17, 15) is 4.79 Å². The maximum atomic E-state index is 11.9. The summed E-state index contributed by atoms with van der Waals surface area (Å²) in [6.07, 6.45) is 5.49. The molecule has 0 unspecified atom stereocenters. The highest BCUT2D eigenvalue weighted by atomic mass is 35.5. The van der Waals surface area contributed by atoms with Crippen molar-refractivity contribution < 1.29 is 9.53 Å². The number of ether oxygens (including phenoxy) is 1. The Labute approximate surface area is 108 Å². The predicted octanol–water partition coefficient (Wildman–Crippen LogP) is 2.28. The smallest absolute Gasteiger partial charge is 0.223 e. The monoisotopic (exact) mass is 259 g/mol. The van der Waals surface area contributed by atoms with Crippen molar-refractivity contribution in [2.45, 2.75) is 32.1 Å². The first-order valence-corrected chi connectivity index (χ1v) is 7.08. The Bertz CT molecular complexity index is 281. The summed E-state index contributed by atoms with van der Waals surface area (Å²) in [5.41, 5.74) is 0.231. The molecule has 0 radical (unpaired) electrons. The highest BCUT2D eigenvalue weighted by molar-refractivity contribution is 6.18. The summed E-state index contributed by atoms with van der Waals surface area (Å²) in [6.45, 7) is 2.59. The molecule has 1 saturated carbocycles. The average molecular weight is 260 g/mol. The van der Waals surface area contributed by atoms with Gasteiger partial charge in [-0.2, -0.15) is 0 Å². The van der Waals surface area contributed by atoms with Gasteiger partial charge in [0.2, 0.25) is 5.91 Å². The minimum absolute atomic E-state index is 0.213. The van der Waals surface area contributed by atoms with Gasteiger partial charge in [0.05, 0.1) is 6.61 Å². The summed E-state index contributed by atoms with van der Waals surface area (Å²) in [6, 6.07) is 0. The lowest BCUT2D eigenvalue weighted by atomic mass is 9.69. The molecular formula is C13H22ClNO2. The van der Waals surface area contributed by atoms with E-state index in [1.165, 1.54) is 25.7 Å². The van der Waals surface area contributed by atoms with Crippen molar-refractivity contribution in [3.8, 4) is 0 Å². The summed E-state index contributed by atoms with van der Waals surface area (Å²) in [5, 5.41) is 0. The summed E-state index contributed by atoms with van der Waals surface area (Å²) < 4.78 is 5.41. The van der Waals surface area contributed by atoms with Crippen LogP contribution in [0, 0.1) is 11.3 Å². The molecule has 0 aromatic heterocycles. The maximum absolute atomic E-state index is 11.9. The van der Waals surface area contributed by atoms with E-state index in [0.717, 1.165) is 19.7 Å². The van der Waals surface area contributed by atoms with E-state index in [1.54, 1.807) is 7.11 Å². The molecule has 1 amide bonds. The van der Waals surface area contributed by atoms with Crippen molar-refractivity contribution in [1.82, 2.24) is 4.90 Å². The van der Waals surface area contributed by atoms with Crippen LogP contribution in [0.5, 0.6) is 0 Å². The Kier molecular flexibility index (Phi) is 4.31. The number of hydrogen-bond donors (Lipinski definition) is 0. The molecule has 0 aromatic rings. The van der Waals surface area contributed by atoms with Crippen molar-refractivity contribution in [3.63, 3.8) is 0 Å². The van der Waals surface area contributed by atoms with Crippen LogP contribution in [-0.4, -0.2) is 43.5 Å². The number of likely N-dealkylation sites (tertiary alicyclic amines) is 1. The second-order valence-electron chi connectivity index (χ2n) is 5.45. The number of halogens is 1. The van der Waals surface area contributed by atoms with Crippen LogP contribution in [0.15, 0.2) is 0 Å². The van der Waals surface area contributed by atoms with Crippen LogP contribution in [0.4, 0.5) is 0 Å².